The van der Waals surface area contributed by atoms with E-state index in [1.165, 1.54) is 37.1 Å². The smallest absolute Gasteiger partial charge is 0.0415 e. The molecule has 1 aromatic heterocycles. The summed E-state index contributed by atoms with van der Waals surface area (Å²) < 4.78 is 2.71. The van der Waals surface area contributed by atoms with Gasteiger partial charge >= 0.3 is 0 Å². The molecule has 0 spiro atoms. The molecule has 0 aliphatic heterocycles. The molecule has 4 aromatic rings. The Morgan fingerprint density at radius 1 is 0.727 bits per heavy atom. The van der Waals surface area contributed by atoms with Gasteiger partial charge in [0.15, 0.2) is 0 Å². The van der Waals surface area contributed by atoms with Gasteiger partial charge in [0, 0.05) is 38.6 Å². The van der Waals surface area contributed by atoms with Crippen molar-refractivity contribution in [2.45, 2.75) is 6.92 Å². The highest BCUT2D eigenvalue weighted by molar-refractivity contribution is 7.25. The molecule has 22 heavy (non-hydrogen) atoms. The molecule has 0 N–H and O–H groups in total. The zero-order chi connectivity index (χ0) is 15.1. The van der Waals surface area contributed by atoms with Crippen molar-refractivity contribution in [3.63, 3.8) is 0 Å². The number of nitrogens with zero attached hydrogens (tertiary/aromatic N) is 1. The zero-order valence-electron chi connectivity index (χ0n) is 12.7. The number of hydrogen-bond donors (Lipinski definition) is 0. The normalized spacial score (nSPS) is 11.2. The fraction of sp³-hybridized carbons (Fsp3) is 0.100. The molecule has 0 radical (unpaired) electrons. The van der Waals surface area contributed by atoms with Crippen LogP contribution in [0, 0.1) is 6.92 Å². The number of fused-ring (bicyclic) bond motifs is 3. The molecule has 2 heteroatoms. The first-order valence-electron chi connectivity index (χ1n) is 7.44. The van der Waals surface area contributed by atoms with E-state index in [0.29, 0.717) is 0 Å². The molecule has 0 unspecified atom stereocenters. The second kappa shape index (κ2) is 5.15. The number of para-hydroxylation sites is 1. The summed E-state index contributed by atoms with van der Waals surface area (Å²) >= 11 is 1.87. The Morgan fingerprint density at radius 2 is 1.41 bits per heavy atom. The number of rotatable bonds is 2. The Labute approximate surface area is 134 Å². The quantitative estimate of drug-likeness (QED) is 0.430. The van der Waals surface area contributed by atoms with Crippen LogP contribution in [-0.4, -0.2) is 7.05 Å². The molecule has 1 nitrogen and oxygen atoms in total. The molecule has 0 fully saturated rings. The van der Waals surface area contributed by atoms with Crippen LogP contribution in [0.1, 0.15) is 5.56 Å². The number of benzene rings is 3. The van der Waals surface area contributed by atoms with Gasteiger partial charge < -0.3 is 4.90 Å². The van der Waals surface area contributed by atoms with Crippen molar-refractivity contribution in [1.29, 1.82) is 0 Å². The minimum atomic E-state index is 1.21. The van der Waals surface area contributed by atoms with E-state index in [9.17, 15) is 0 Å². The molecule has 4 rings (SSSR count). The van der Waals surface area contributed by atoms with Crippen LogP contribution in [0.2, 0.25) is 0 Å². The maximum Gasteiger partial charge on any atom is 0.0415 e. The Kier molecular flexibility index (Phi) is 3.12. The van der Waals surface area contributed by atoms with E-state index in [1.54, 1.807) is 0 Å². The van der Waals surface area contributed by atoms with E-state index in [0.717, 1.165) is 0 Å². The van der Waals surface area contributed by atoms with Crippen LogP contribution in [-0.2, 0) is 0 Å². The standard InChI is InChI=1S/C20H17NS/c1-14-8-10-19-17(12-14)18-13-16(9-11-20(18)22-19)21(2)15-6-4-3-5-7-15/h3-13H,1-2H3. The Morgan fingerprint density at radius 3 is 2.18 bits per heavy atom. The molecule has 0 saturated carbocycles. The lowest BCUT2D eigenvalue weighted by atomic mass is 10.1. The van der Waals surface area contributed by atoms with Gasteiger partial charge in [0.1, 0.15) is 0 Å². The van der Waals surface area contributed by atoms with Crippen molar-refractivity contribution in [3.8, 4) is 0 Å². The summed E-state index contributed by atoms with van der Waals surface area (Å²) in [4.78, 5) is 2.23. The maximum atomic E-state index is 2.31. The summed E-state index contributed by atoms with van der Waals surface area (Å²) in [6, 6.07) is 23.9. The fourth-order valence-electron chi connectivity index (χ4n) is 2.89. The second-order valence-corrected chi connectivity index (χ2v) is 6.76. The number of aryl methyl sites for hydroxylation is 1. The van der Waals surface area contributed by atoms with Crippen molar-refractivity contribution in [1.82, 2.24) is 0 Å². The van der Waals surface area contributed by atoms with Crippen LogP contribution < -0.4 is 4.90 Å². The molecule has 0 aliphatic carbocycles. The van der Waals surface area contributed by atoms with Crippen molar-refractivity contribution in [2.24, 2.45) is 0 Å². The molecule has 0 aliphatic rings. The highest BCUT2D eigenvalue weighted by atomic mass is 32.1. The van der Waals surface area contributed by atoms with Crippen molar-refractivity contribution < 1.29 is 0 Å². The average molecular weight is 303 g/mol. The number of hydrogen-bond acceptors (Lipinski definition) is 2. The molecular weight excluding hydrogens is 286 g/mol. The number of thiophene rings is 1. The molecule has 0 amide bonds. The van der Waals surface area contributed by atoms with Crippen LogP contribution in [0.15, 0.2) is 66.7 Å². The van der Waals surface area contributed by atoms with E-state index in [2.05, 4.69) is 85.6 Å². The third kappa shape index (κ3) is 2.16. The predicted molar refractivity (Wildman–Crippen MR) is 98.6 cm³/mol. The van der Waals surface area contributed by atoms with E-state index in [4.69, 9.17) is 0 Å². The van der Waals surface area contributed by atoms with Crippen molar-refractivity contribution in [3.05, 3.63) is 72.3 Å². The zero-order valence-corrected chi connectivity index (χ0v) is 13.5. The fourth-order valence-corrected chi connectivity index (χ4v) is 3.96. The van der Waals surface area contributed by atoms with Crippen molar-refractivity contribution >= 4 is 42.9 Å². The molecule has 3 aromatic carbocycles. The Bertz CT molecular complexity index is 953. The van der Waals surface area contributed by atoms with Crippen molar-refractivity contribution in [2.75, 3.05) is 11.9 Å². The summed E-state index contributed by atoms with van der Waals surface area (Å²) in [5.41, 5.74) is 3.74. The Balaban J connectivity index is 1.89. The summed E-state index contributed by atoms with van der Waals surface area (Å²) in [6.07, 6.45) is 0. The summed E-state index contributed by atoms with van der Waals surface area (Å²) in [5.74, 6) is 0. The van der Waals surface area contributed by atoms with Gasteiger partial charge in [0.25, 0.3) is 0 Å². The Hall–Kier alpha value is -2.32. The third-order valence-corrected chi connectivity index (χ3v) is 5.29. The van der Waals surface area contributed by atoms with E-state index >= 15 is 0 Å². The first-order valence-corrected chi connectivity index (χ1v) is 8.26. The number of anilines is 2. The van der Waals surface area contributed by atoms with Crippen LogP contribution >= 0.6 is 11.3 Å². The van der Waals surface area contributed by atoms with Gasteiger partial charge in [0.05, 0.1) is 0 Å². The lowest BCUT2D eigenvalue weighted by Gasteiger charge is -2.19. The predicted octanol–water partition coefficient (Wildman–Crippen LogP) is 6.13. The summed E-state index contributed by atoms with van der Waals surface area (Å²) in [6.45, 7) is 2.16. The van der Waals surface area contributed by atoms with E-state index in [-0.39, 0.29) is 0 Å². The van der Waals surface area contributed by atoms with Gasteiger partial charge in [0.2, 0.25) is 0 Å². The largest absolute Gasteiger partial charge is 0.345 e. The first kappa shape index (κ1) is 13.4. The monoisotopic (exact) mass is 303 g/mol. The lowest BCUT2D eigenvalue weighted by Crippen LogP contribution is -2.08. The summed E-state index contributed by atoms with van der Waals surface area (Å²) in [7, 11) is 2.12. The van der Waals surface area contributed by atoms with E-state index in [1.807, 2.05) is 11.3 Å². The molecule has 0 bridgehead atoms. The van der Waals surface area contributed by atoms with Crippen LogP contribution in [0.25, 0.3) is 20.2 Å². The van der Waals surface area contributed by atoms with Gasteiger partial charge in [-0.1, -0.05) is 29.8 Å². The lowest BCUT2D eigenvalue weighted by molar-refractivity contribution is 1.21. The average Bonchev–Trinajstić information content (AvgIpc) is 2.92. The maximum absolute atomic E-state index is 2.31. The molecule has 0 saturated heterocycles. The molecular formula is C20H17NS. The molecule has 1 heterocycles. The van der Waals surface area contributed by atoms with Gasteiger partial charge in [-0.05, 0) is 49.4 Å². The first-order chi connectivity index (χ1) is 10.7. The van der Waals surface area contributed by atoms with Gasteiger partial charge in [-0.25, -0.2) is 0 Å². The second-order valence-electron chi connectivity index (χ2n) is 5.68. The minimum Gasteiger partial charge on any atom is -0.345 e. The topological polar surface area (TPSA) is 3.24 Å². The van der Waals surface area contributed by atoms with Crippen LogP contribution in [0.3, 0.4) is 0 Å². The van der Waals surface area contributed by atoms with Gasteiger partial charge in [-0.3, -0.25) is 0 Å². The minimum absolute atomic E-state index is 1.21. The van der Waals surface area contributed by atoms with Crippen LogP contribution in [0.4, 0.5) is 11.4 Å². The highest BCUT2D eigenvalue weighted by Crippen LogP contribution is 2.37. The van der Waals surface area contributed by atoms with E-state index < -0.39 is 0 Å². The molecule has 0 atom stereocenters. The SMILES string of the molecule is Cc1ccc2sc3ccc(N(C)c4ccccc4)cc3c2c1. The van der Waals surface area contributed by atoms with Gasteiger partial charge in [-0.2, -0.15) is 0 Å². The molecule has 108 valence electrons. The highest BCUT2D eigenvalue weighted by Gasteiger charge is 2.09. The summed E-state index contributed by atoms with van der Waals surface area (Å²) in [5, 5.41) is 2.72. The van der Waals surface area contributed by atoms with Gasteiger partial charge in [-0.15, -0.1) is 11.3 Å². The third-order valence-electron chi connectivity index (χ3n) is 4.14. The van der Waals surface area contributed by atoms with Crippen LogP contribution in [0.5, 0.6) is 0 Å².